The minimum Gasteiger partial charge on any atom is -0.426 e. The lowest BCUT2D eigenvalue weighted by molar-refractivity contribution is -0.144. The van der Waals surface area contributed by atoms with Crippen LogP contribution in [0.25, 0.3) is 0 Å². The molecule has 0 aromatic heterocycles. The van der Waals surface area contributed by atoms with Gasteiger partial charge in [-0.05, 0) is 44.5 Å². The maximum Gasteiger partial charge on any atom is 0.316 e. The molecule has 118 valence electrons. The van der Waals surface area contributed by atoms with Gasteiger partial charge in [0.2, 0.25) is 0 Å². The van der Waals surface area contributed by atoms with E-state index in [0.717, 1.165) is 25.2 Å². The molecule has 5 heteroatoms. The van der Waals surface area contributed by atoms with Crippen molar-refractivity contribution < 1.29 is 9.53 Å². The van der Waals surface area contributed by atoms with Crippen molar-refractivity contribution in [2.75, 3.05) is 31.1 Å². The van der Waals surface area contributed by atoms with Crippen LogP contribution in [0.4, 0.5) is 5.69 Å². The summed E-state index contributed by atoms with van der Waals surface area (Å²) >= 11 is 0. The van der Waals surface area contributed by atoms with E-state index < -0.39 is 5.41 Å². The van der Waals surface area contributed by atoms with Crippen LogP contribution in [0.3, 0.4) is 0 Å². The first kappa shape index (κ1) is 17.5. The summed E-state index contributed by atoms with van der Waals surface area (Å²) < 4.78 is 5.42. The highest BCUT2D eigenvalue weighted by Crippen LogP contribution is 2.25. The number of carbonyl (C=O) groups excluding carboxylic acids is 1. The molecule has 0 bridgehead atoms. The molecule has 5 nitrogen and oxygen atoms in total. The molecule has 0 saturated heterocycles. The Kier molecular flexibility index (Phi) is 6.65. The molecule has 0 radical (unpaired) electrons. The Bertz CT molecular complexity index is 437. The minimum absolute atomic E-state index is 0.210. The first-order valence-electron chi connectivity index (χ1n) is 7.42. The van der Waals surface area contributed by atoms with Crippen molar-refractivity contribution in [1.82, 2.24) is 0 Å². The maximum atomic E-state index is 12.0. The van der Waals surface area contributed by atoms with Crippen LogP contribution in [0.5, 0.6) is 5.75 Å². The molecule has 1 aromatic carbocycles. The molecule has 1 aromatic rings. The number of nitrogens with zero attached hydrogens (tertiary/aromatic N) is 1. The van der Waals surface area contributed by atoms with Gasteiger partial charge in [-0.1, -0.05) is 6.92 Å². The minimum atomic E-state index is -0.468. The summed E-state index contributed by atoms with van der Waals surface area (Å²) in [6, 6.07) is 7.46. The van der Waals surface area contributed by atoms with Gasteiger partial charge in [0, 0.05) is 31.9 Å². The summed E-state index contributed by atoms with van der Waals surface area (Å²) in [5, 5.41) is 0. The van der Waals surface area contributed by atoms with Gasteiger partial charge in [-0.2, -0.15) is 0 Å². The van der Waals surface area contributed by atoms with Gasteiger partial charge < -0.3 is 21.1 Å². The van der Waals surface area contributed by atoms with Crippen LogP contribution in [0.1, 0.15) is 27.2 Å². The molecule has 0 aliphatic rings. The Morgan fingerprint density at radius 3 is 2.10 bits per heavy atom. The van der Waals surface area contributed by atoms with E-state index in [2.05, 4.69) is 4.90 Å². The molecule has 0 heterocycles. The highest BCUT2D eigenvalue weighted by atomic mass is 16.5. The summed E-state index contributed by atoms with van der Waals surface area (Å²) in [7, 11) is 0. The van der Waals surface area contributed by atoms with Crippen LogP contribution in [0.2, 0.25) is 0 Å². The number of carbonyl (C=O) groups is 1. The highest BCUT2D eigenvalue weighted by Gasteiger charge is 2.27. The van der Waals surface area contributed by atoms with Crippen molar-refractivity contribution in [3.8, 4) is 5.75 Å². The average molecular weight is 293 g/mol. The fraction of sp³-hybridized carbons (Fsp3) is 0.562. The van der Waals surface area contributed by atoms with E-state index in [0.29, 0.717) is 18.8 Å². The maximum absolute atomic E-state index is 12.0. The summed E-state index contributed by atoms with van der Waals surface area (Å²) in [4.78, 5) is 14.1. The third kappa shape index (κ3) is 5.02. The Morgan fingerprint density at radius 2 is 1.67 bits per heavy atom. The Balaban J connectivity index is 2.75. The van der Waals surface area contributed by atoms with Gasteiger partial charge in [0.05, 0.1) is 5.41 Å². The summed E-state index contributed by atoms with van der Waals surface area (Å²) in [6.45, 7) is 8.38. The zero-order valence-corrected chi connectivity index (χ0v) is 13.3. The number of benzene rings is 1. The molecule has 0 aliphatic carbocycles. The van der Waals surface area contributed by atoms with Gasteiger partial charge in [-0.25, -0.2) is 0 Å². The van der Waals surface area contributed by atoms with Gasteiger partial charge in [-0.3, -0.25) is 4.79 Å². The van der Waals surface area contributed by atoms with Crippen molar-refractivity contribution in [2.24, 2.45) is 16.9 Å². The summed E-state index contributed by atoms with van der Waals surface area (Å²) in [5.41, 5.74) is 11.8. The standard InChI is InChI=1S/C16H27N3O2/c1-4-16(2,3)15(20)21-14-7-5-13(6-8-14)19(11-9-17)12-10-18/h5-8H,4,9-12,17-18H2,1-3H3. The van der Waals surface area contributed by atoms with Crippen LogP contribution in [0, 0.1) is 5.41 Å². The average Bonchev–Trinajstić information content (AvgIpc) is 2.48. The topological polar surface area (TPSA) is 81.6 Å². The zero-order chi connectivity index (χ0) is 15.9. The van der Waals surface area contributed by atoms with Crippen molar-refractivity contribution in [1.29, 1.82) is 0 Å². The van der Waals surface area contributed by atoms with Gasteiger partial charge in [0.15, 0.2) is 0 Å². The highest BCUT2D eigenvalue weighted by molar-refractivity contribution is 5.78. The molecule has 0 atom stereocenters. The molecular weight excluding hydrogens is 266 g/mol. The molecule has 0 saturated carbocycles. The Labute approximate surface area is 127 Å². The number of hydrogen-bond acceptors (Lipinski definition) is 5. The number of nitrogens with two attached hydrogens (primary N) is 2. The fourth-order valence-electron chi connectivity index (χ4n) is 1.80. The van der Waals surface area contributed by atoms with E-state index in [1.54, 1.807) is 12.1 Å². The zero-order valence-electron chi connectivity index (χ0n) is 13.3. The second kappa shape index (κ2) is 8.00. The van der Waals surface area contributed by atoms with E-state index in [9.17, 15) is 4.79 Å². The van der Waals surface area contributed by atoms with Crippen molar-refractivity contribution in [3.05, 3.63) is 24.3 Å². The summed E-state index contributed by atoms with van der Waals surface area (Å²) in [5.74, 6) is 0.351. The second-order valence-electron chi connectivity index (χ2n) is 5.69. The molecule has 0 spiro atoms. The largest absolute Gasteiger partial charge is 0.426 e. The fourth-order valence-corrected chi connectivity index (χ4v) is 1.80. The second-order valence-corrected chi connectivity index (χ2v) is 5.69. The van der Waals surface area contributed by atoms with E-state index in [-0.39, 0.29) is 5.97 Å². The number of esters is 1. The number of anilines is 1. The van der Waals surface area contributed by atoms with Gasteiger partial charge in [-0.15, -0.1) is 0 Å². The predicted molar refractivity (Wildman–Crippen MR) is 86.5 cm³/mol. The molecule has 1 rings (SSSR count). The van der Waals surface area contributed by atoms with Crippen LogP contribution in [-0.2, 0) is 4.79 Å². The molecule has 0 amide bonds. The Morgan fingerprint density at radius 1 is 1.14 bits per heavy atom. The van der Waals surface area contributed by atoms with Gasteiger partial charge in [0.1, 0.15) is 5.75 Å². The lowest BCUT2D eigenvalue weighted by Crippen LogP contribution is -2.33. The third-order valence-electron chi connectivity index (χ3n) is 3.65. The smallest absolute Gasteiger partial charge is 0.316 e. The van der Waals surface area contributed by atoms with E-state index in [1.165, 1.54) is 0 Å². The van der Waals surface area contributed by atoms with Gasteiger partial charge >= 0.3 is 5.97 Å². The van der Waals surface area contributed by atoms with Crippen LogP contribution < -0.4 is 21.1 Å². The molecular formula is C16H27N3O2. The van der Waals surface area contributed by atoms with Crippen molar-refractivity contribution in [3.63, 3.8) is 0 Å². The van der Waals surface area contributed by atoms with Crippen LogP contribution >= 0.6 is 0 Å². The molecule has 0 aliphatic heterocycles. The normalized spacial score (nSPS) is 11.3. The Hall–Kier alpha value is -1.59. The number of hydrogen-bond donors (Lipinski definition) is 2. The number of ether oxygens (including phenoxy) is 1. The number of rotatable bonds is 8. The predicted octanol–water partition coefficient (Wildman–Crippen LogP) is 1.75. The lowest BCUT2D eigenvalue weighted by Gasteiger charge is -2.24. The van der Waals surface area contributed by atoms with E-state index in [4.69, 9.17) is 16.2 Å². The quantitative estimate of drug-likeness (QED) is 0.564. The molecule has 0 unspecified atom stereocenters. The van der Waals surface area contributed by atoms with Crippen molar-refractivity contribution in [2.45, 2.75) is 27.2 Å². The van der Waals surface area contributed by atoms with E-state index in [1.807, 2.05) is 32.9 Å². The van der Waals surface area contributed by atoms with E-state index >= 15 is 0 Å². The van der Waals surface area contributed by atoms with Crippen LogP contribution in [-0.4, -0.2) is 32.1 Å². The third-order valence-corrected chi connectivity index (χ3v) is 3.65. The first-order valence-corrected chi connectivity index (χ1v) is 7.42. The SMILES string of the molecule is CCC(C)(C)C(=O)Oc1ccc(N(CCN)CCN)cc1. The van der Waals surface area contributed by atoms with Crippen molar-refractivity contribution >= 4 is 11.7 Å². The van der Waals surface area contributed by atoms with Gasteiger partial charge in [0.25, 0.3) is 0 Å². The molecule has 21 heavy (non-hydrogen) atoms. The monoisotopic (exact) mass is 293 g/mol. The van der Waals surface area contributed by atoms with Crippen LogP contribution in [0.15, 0.2) is 24.3 Å². The molecule has 4 N–H and O–H groups in total. The first-order chi connectivity index (χ1) is 9.94. The molecule has 0 fully saturated rings. The lowest BCUT2D eigenvalue weighted by atomic mass is 9.91. The summed E-state index contributed by atoms with van der Waals surface area (Å²) in [6.07, 6.45) is 0.741.